The maximum atomic E-state index is 14.1. The topological polar surface area (TPSA) is 96.5 Å². The summed E-state index contributed by atoms with van der Waals surface area (Å²) in [6.07, 6.45) is -4.96. The average Bonchev–Trinajstić information content (AvgIpc) is 3.18. The van der Waals surface area contributed by atoms with E-state index < -0.39 is 65.0 Å². The number of halogens is 6. The summed E-state index contributed by atoms with van der Waals surface area (Å²) in [7, 11) is 0. The highest BCUT2D eigenvalue weighted by molar-refractivity contribution is 6.31. The Morgan fingerprint density at radius 1 is 1.11 bits per heavy atom. The number of benzene rings is 3. The van der Waals surface area contributed by atoms with Gasteiger partial charge in [0.2, 0.25) is 0 Å². The second-order valence-corrected chi connectivity index (χ2v) is 8.40. The molecule has 7 nitrogen and oxygen atoms in total. The summed E-state index contributed by atoms with van der Waals surface area (Å²) in [4.78, 5) is 38.3. The van der Waals surface area contributed by atoms with Crippen molar-refractivity contribution in [2.24, 2.45) is 0 Å². The van der Waals surface area contributed by atoms with E-state index >= 15 is 0 Å². The maximum absolute atomic E-state index is 14.1. The standard InChI is InChI=1S/C24H13ClF5N3O4/c25-14-2-1-11(26)6-13(14)20-18-15(7-16-21(19(18)23(36)33-20)32-17(34)8-37-16)31-22(35)9-3-10(24(28,29)30)5-12(27)4-9/h1-7,20H,8H2,(H,31,35)(H,32,34)(H,33,36)/i8D2. The average molecular weight is 540 g/mol. The SMILES string of the molecule is [2H]C1([2H])Oc2cc(NC(=O)c3cc(F)cc(C(F)(F)F)c3)c3c(c2NC1=O)C(=O)NC3c1cc(F)ccc1Cl. The van der Waals surface area contributed by atoms with Gasteiger partial charge in [0.15, 0.2) is 6.56 Å². The fourth-order valence-corrected chi connectivity index (χ4v) is 4.31. The molecule has 3 N–H and O–H groups in total. The molecule has 190 valence electrons. The number of hydrogen-bond donors (Lipinski definition) is 3. The van der Waals surface area contributed by atoms with Gasteiger partial charge in [-0.2, -0.15) is 13.2 Å². The van der Waals surface area contributed by atoms with Gasteiger partial charge in [-0.05, 0) is 36.4 Å². The number of carbonyl (C=O) groups excluding carboxylic acids is 3. The van der Waals surface area contributed by atoms with Crippen LogP contribution < -0.4 is 20.7 Å². The second-order valence-electron chi connectivity index (χ2n) is 8.00. The molecule has 13 heteroatoms. The van der Waals surface area contributed by atoms with Crippen LogP contribution in [0.1, 0.15) is 46.2 Å². The van der Waals surface area contributed by atoms with E-state index in [1.807, 2.05) is 0 Å². The molecule has 37 heavy (non-hydrogen) atoms. The number of anilines is 2. The fraction of sp³-hybridized carbons (Fsp3) is 0.125. The Balaban J connectivity index is 1.68. The van der Waals surface area contributed by atoms with Crippen LogP contribution in [0, 0.1) is 11.6 Å². The van der Waals surface area contributed by atoms with E-state index in [0.29, 0.717) is 12.1 Å². The monoisotopic (exact) mass is 539 g/mol. The largest absolute Gasteiger partial charge is 0.481 e. The molecule has 3 amide bonds. The first-order valence-corrected chi connectivity index (χ1v) is 10.7. The van der Waals surface area contributed by atoms with E-state index in [9.17, 15) is 36.3 Å². The first-order valence-electron chi connectivity index (χ1n) is 11.3. The van der Waals surface area contributed by atoms with Crippen molar-refractivity contribution in [1.29, 1.82) is 0 Å². The number of hydrogen-bond acceptors (Lipinski definition) is 4. The first kappa shape index (κ1) is 22.0. The molecule has 0 aromatic heterocycles. The molecule has 1 atom stereocenters. The summed E-state index contributed by atoms with van der Waals surface area (Å²) in [6, 6.07) is 4.23. The summed E-state index contributed by atoms with van der Waals surface area (Å²) in [5, 5.41) is 7.05. The van der Waals surface area contributed by atoms with Gasteiger partial charge in [-0.25, -0.2) is 8.78 Å². The minimum atomic E-state index is -4.96. The molecular weight excluding hydrogens is 525 g/mol. The molecule has 0 bridgehead atoms. The lowest BCUT2D eigenvalue weighted by molar-refractivity contribution is -0.137. The zero-order valence-corrected chi connectivity index (χ0v) is 18.8. The van der Waals surface area contributed by atoms with Gasteiger partial charge in [-0.3, -0.25) is 14.4 Å². The summed E-state index contributed by atoms with van der Waals surface area (Å²) in [5.41, 5.74) is -3.06. The van der Waals surface area contributed by atoms with Crippen molar-refractivity contribution in [2.45, 2.75) is 12.2 Å². The molecule has 0 fully saturated rings. The van der Waals surface area contributed by atoms with E-state index in [4.69, 9.17) is 19.1 Å². The van der Waals surface area contributed by atoms with Gasteiger partial charge in [0.25, 0.3) is 17.7 Å². The van der Waals surface area contributed by atoms with Crippen LogP contribution in [0.2, 0.25) is 5.02 Å². The van der Waals surface area contributed by atoms with Crippen molar-refractivity contribution >= 4 is 40.7 Å². The Hall–Kier alpha value is -4.19. The molecule has 3 aromatic rings. The summed E-state index contributed by atoms with van der Waals surface area (Å²) >= 11 is 6.23. The summed E-state index contributed by atoms with van der Waals surface area (Å²) in [5.74, 6) is -5.79. The molecule has 2 heterocycles. The first-order chi connectivity index (χ1) is 18.2. The number of fused-ring (bicyclic) bond motifs is 3. The van der Waals surface area contributed by atoms with Crippen molar-refractivity contribution in [3.05, 3.63) is 86.9 Å². The molecule has 0 saturated carbocycles. The Morgan fingerprint density at radius 2 is 1.86 bits per heavy atom. The van der Waals surface area contributed by atoms with Crippen LogP contribution in [0.15, 0.2) is 42.5 Å². The molecule has 0 spiro atoms. The van der Waals surface area contributed by atoms with Crippen molar-refractivity contribution < 1.29 is 43.8 Å². The Kier molecular flexibility index (Phi) is 5.20. The van der Waals surface area contributed by atoms with Gasteiger partial charge in [-0.1, -0.05) is 11.6 Å². The van der Waals surface area contributed by atoms with Gasteiger partial charge < -0.3 is 20.7 Å². The molecule has 0 radical (unpaired) electrons. The summed E-state index contributed by atoms with van der Waals surface area (Å²) < 4.78 is 88.2. The van der Waals surface area contributed by atoms with Gasteiger partial charge in [0, 0.05) is 27.8 Å². The smallest absolute Gasteiger partial charge is 0.416 e. The fourth-order valence-electron chi connectivity index (χ4n) is 4.08. The number of amides is 3. The third kappa shape index (κ3) is 4.44. The second kappa shape index (κ2) is 8.73. The van der Waals surface area contributed by atoms with Gasteiger partial charge in [0.1, 0.15) is 17.4 Å². The number of nitrogens with one attached hydrogen (secondary N) is 3. The van der Waals surface area contributed by atoms with Crippen LogP contribution in [0.3, 0.4) is 0 Å². The Bertz CT molecular complexity index is 1600. The van der Waals surface area contributed by atoms with E-state index in [-0.39, 0.29) is 39.2 Å². The van der Waals surface area contributed by atoms with E-state index in [0.717, 1.165) is 18.2 Å². The van der Waals surface area contributed by atoms with E-state index in [1.165, 1.54) is 6.07 Å². The zero-order valence-electron chi connectivity index (χ0n) is 20.0. The highest BCUT2D eigenvalue weighted by atomic mass is 35.5. The molecule has 0 saturated heterocycles. The van der Waals surface area contributed by atoms with Crippen LogP contribution in [0.5, 0.6) is 5.75 Å². The third-order valence-corrected chi connectivity index (χ3v) is 5.96. The molecule has 0 aliphatic carbocycles. The van der Waals surface area contributed by atoms with Crippen LogP contribution in [0.4, 0.5) is 33.3 Å². The van der Waals surface area contributed by atoms with Crippen LogP contribution >= 0.6 is 11.6 Å². The van der Waals surface area contributed by atoms with Gasteiger partial charge in [-0.15, -0.1) is 0 Å². The minimum Gasteiger partial charge on any atom is -0.481 e. The highest BCUT2D eigenvalue weighted by Crippen LogP contribution is 2.47. The number of ether oxygens (including phenoxy) is 1. The Labute approximate surface area is 212 Å². The molecule has 2 aliphatic heterocycles. The molecule has 5 rings (SSSR count). The van der Waals surface area contributed by atoms with E-state index in [1.54, 1.807) is 0 Å². The quantitative estimate of drug-likeness (QED) is 0.406. The highest BCUT2D eigenvalue weighted by Gasteiger charge is 2.40. The number of rotatable bonds is 3. The predicted molar refractivity (Wildman–Crippen MR) is 121 cm³/mol. The van der Waals surface area contributed by atoms with Crippen LogP contribution in [-0.2, 0) is 11.0 Å². The maximum Gasteiger partial charge on any atom is 0.416 e. The van der Waals surface area contributed by atoms with Crippen LogP contribution in [0.25, 0.3) is 0 Å². The number of carbonyl (C=O) groups is 3. The molecule has 2 aliphatic rings. The lowest BCUT2D eigenvalue weighted by Crippen LogP contribution is -2.27. The Morgan fingerprint density at radius 3 is 2.59 bits per heavy atom. The van der Waals surface area contributed by atoms with Gasteiger partial charge >= 0.3 is 6.18 Å². The third-order valence-electron chi connectivity index (χ3n) is 5.62. The lowest BCUT2D eigenvalue weighted by Gasteiger charge is -2.23. The van der Waals surface area contributed by atoms with Gasteiger partial charge in [0.05, 0.1) is 31.3 Å². The summed E-state index contributed by atoms with van der Waals surface area (Å²) in [6.45, 7) is -2.88. The van der Waals surface area contributed by atoms with Crippen molar-refractivity contribution in [3.8, 4) is 5.75 Å². The van der Waals surface area contributed by atoms with Crippen molar-refractivity contribution in [2.75, 3.05) is 17.2 Å². The normalized spacial score (nSPS) is 18.5. The lowest BCUT2D eigenvalue weighted by atomic mass is 9.94. The van der Waals surface area contributed by atoms with E-state index in [2.05, 4.69) is 16.0 Å². The predicted octanol–water partition coefficient (Wildman–Crippen LogP) is 5.05. The van der Waals surface area contributed by atoms with Crippen molar-refractivity contribution in [3.63, 3.8) is 0 Å². The molecule has 1 unspecified atom stereocenters. The molecular formula is C24H13ClF5N3O4. The van der Waals surface area contributed by atoms with Crippen LogP contribution in [-0.4, -0.2) is 24.3 Å². The zero-order chi connectivity index (χ0) is 28.4. The number of alkyl halides is 3. The van der Waals surface area contributed by atoms with Crippen molar-refractivity contribution in [1.82, 2.24) is 5.32 Å². The minimum absolute atomic E-state index is 0.00103. The molecule has 3 aromatic carbocycles.